The molecule has 3 aromatic heterocycles. The molecule has 242 valence electrons. The van der Waals surface area contributed by atoms with Gasteiger partial charge in [-0.3, -0.25) is 0 Å². The molecule has 5 nitrogen and oxygen atoms in total. The van der Waals surface area contributed by atoms with E-state index in [2.05, 4.69) is 133 Å². The normalized spacial score (nSPS) is 11.8. The first kappa shape index (κ1) is 28.7. The van der Waals surface area contributed by atoms with Gasteiger partial charge in [0.05, 0.1) is 0 Å². The fourth-order valence-corrected chi connectivity index (χ4v) is 7.62. The highest BCUT2D eigenvalue weighted by molar-refractivity contribution is 6.17. The zero-order valence-electron chi connectivity index (χ0n) is 27.7. The van der Waals surface area contributed by atoms with E-state index in [1.165, 1.54) is 10.8 Å². The summed E-state index contributed by atoms with van der Waals surface area (Å²) < 4.78 is 13.2. The molecule has 0 unspecified atom stereocenters. The Bertz CT molecular complexity index is 3110. The molecule has 0 saturated heterocycles. The van der Waals surface area contributed by atoms with E-state index in [-0.39, 0.29) is 0 Å². The lowest BCUT2D eigenvalue weighted by molar-refractivity contribution is 0.665. The largest absolute Gasteiger partial charge is 0.455 e. The maximum Gasteiger partial charge on any atom is 0.164 e. The van der Waals surface area contributed by atoms with Gasteiger partial charge >= 0.3 is 0 Å². The maximum absolute atomic E-state index is 6.74. The molecule has 0 aliphatic rings. The van der Waals surface area contributed by atoms with Crippen molar-refractivity contribution in [2.75, 3.05) is 0 Å². The lowest BCUT2D eigenvalue weighted by Crippen LogP contribution is -2.00. The Morgan fingerprint density at radius 2 is 0.808 bits per heavy atom. The topological polar surface area (TPSA) is 65.0 Å². The van der Waals surface area contributed by atoms with Gasteiger partial charge in [0, 0.05) is 49.4 Å². The average molecular weight is 666 g/mol. The van der Waals surface area contributed by atoms with Crippen LogP contribution in [0.3, 0.4) is 0 Å². The molecule has 52 heavy (non-hydrogen) atoms. The molecule has 3 heterocycles. The smallest absolute Gasteiger partial charge is 0.164 e. The Morgan fingerprint density at radius 3 is 1.50 bits per heavy atom. The molecule has 0 atom stereocenters. The van der Waals surface area contributed by atoms with Crippen LogP contribution in [0.5, 0.6) is 0 Å². The monoisotopic (exact) mass is 665 g/mol. The van der Waals surface area contributed by atoms with E-state index in [1.807, 2.05) is 30.3 Å². The van der Waals surface area contributed by atoms with Gasteiger partial charge < -0.3 is 8.83 Å². The molecule has 8 aromatic carbocycles. The summed E-state index contributed by atoms with van der Waals surface area (Å²) >= 11 is 0. The van der Waals surface area contributed by atoms with Crippen molar-refractivity contribution in [3.05, 3.63) is 164 Å². The molecular formula is C47H27N3O2. The summed E-state index contributed by atoms with van der Waals surface area (Å²) in [5.74, 6) is 1.81. The van der Waals surface area contributed by atoms with Gasteiger partial charge in [-0.25, -0.2) is 15.0 Å². The number of furan rings is 2. The quantitative estimate of drug-likeness (QED) is 0.187. The number of hydrogen-bond donors (Lipinski definition) is 0. The van der Waals surface area contributed by atoms with Crippen LogP contribution in [-0.4, -0.2) is 15.0 Å². The van der Waals surface area contributed by atoms with Crippen molar-refractivity contribution in [1.82, 2.24) is 15.0 Å². The van der Waals surface area contributed by atoms with Gasteiger partial charge in [0.2, 0.25) is 0 Å². The maximum atomic E-state index is 6.74. The molecule has 5 heteroatoms. The summed E-state index contributed by atoms with van der Waals surface area (Å²) in [7, 11) is 0. The molecule has 0 aliphatic carbocycles. The molecule has 0 spiro atoms. The summed E-state index contributed by atoms with van der Waals surface area (Å²) in [5.41, 5.74) is 7.93. The molecule has 0 bridgehead atoms. The van der Waals surface area contributed by atoms with Crippen LogP contribution in [0.15, 0.2) is 173 Å². The van der Waals surface area contributed by atoms with E-state index in [4.69, 9.17) is 23.8 Å². The Morgan fingerprint density at radius 1 is 0.327 bits per heavy atom. The standard InChI is InChI=1S/C47H27N3O2/c1-3-12-30-26-32(24-22-28(30)10-1)45-48-46(33-25-23-29-11-2-4-13-31(29)27-33)50-47(49-45)39-19-9-21-41-42(39)38-18-8-17-37(44(38)52-41)36-16-7-15-35-34-14-5-6-20-40(34)51-43(35)36/h1-27H. The second-order valence-corrected chi connectivity index (χ2v) is 13.2. The van der Waals surface area contributed by atoms with Gasteiger partial charge in [-0.2, -0.15) is 0 Å². The summed E-state index contributed by atoms with van der Waals surface area (Å²) in [4.78, 5) is 15.4. The highest BCUT2D eigenvalue weighted by Crippen LogP contribution is 2.43. The van der Waals surface area contributed by atoms with Crippen LogP contribution in [0.4, 0.5) is 0 Å². The van der Waals surface area contributed by atoms with Gasteiger partial charge in [0.15, 0.2) is 17.5 Å². The summed E-state index contributed by atoms with van der Waals surface area (Å²) in [6.07, 6.45) is 0. The average Bonchev–Trinajstić information content (AvgIpc) is 3.79. The predicted molar refractivity (Wildman–Crippen MR) is 211 cm³/mol. The molecule has 0 N–H and O–H groups in total. The third-order valence-electron chi connectivity index (χ3n) is 10.1. The third kappa shape index (κ3) is 4.46. The third-order valence-corrected chi connectivity index (χ3v) is 10.1. The molecule has 0 aliphatic heterocycles. The first-order chi connectivity index (χ1) is 25.7. The highest BCUT2D eigenvalue weighted by atomic mass is 16.3. The summed E-state index contributed by atoms with van der Waals surface area (Å²) in [6.45, 7) is 0. The van der Waals surface area contributed by atoms with Gasteiger partial charge in [-0.15, -0.1) is 0 Å². The fraction of sp³-hybridized carbons (Fsp3) is 0. The van der Waals surface area contributed by atoms with Gasteiger partial charge in [0.25, 0.3) is 0 Å². The Kier molecular flexibility index (Phi) is 6.18. The lowest BCUT2D eigenvalue weighted by Gasteiger charge is -2.10. The number of nitrogens with zero attached hydrogens (tertiary/aromatic N) is 3. The number of para-hydroxylation sites is 3. The molecule has 11 aromatic rings. The van der Waals surface area contributed by atoms with Crippen molar-refractivity contribution >= 4 is 65.4 Å². The van der Waals surface area contributed by atoms with E-state index in [9.17, 15) is 0 Å². The Balaban J connectivity index is 1.15. The lowest BCUT2D eigenvalue weighted by atomic mass is 9.98. The number of fused-ring (bicyclic) bond motifs is 8. The van der Waals surface area contributed by atoms with Crippen molar-refractivity contribution < 1.29 is 8.83 Å². The molecule has 0 fully saturated rings. The molecule has 0 radical (unpaired) electrons. The Labute approximate surface area is 297 Å². The van der Waals surface area contributed by atoms with E-state index >= 15 is 0 Å². The minimum Gasteiger partial charge on any atom is -0.455 e. The first-order valence-corrected chi connectivity index (χ1v) is 17.3. The zero-order chi connectivity index (χ0) is 34.2. The van der Waals surface area contributed by atoms with Gasteiger partial charge in [-0.05, 0) is 45.8 Å². The summed E-state index contributed by atoms with van der Waals surface area (Å²) in [6, 6.07) is 56.3. The number of hydrogen-bond acceptors (Lipinski definition) is 5. The van der Waals surface area contributed by atoms with Crippen molar-refractivity contribution in [1.29, 1.82) is 0 Å². The van der Waals surface area contributed by atoms with Crippen LogP contribution in [0.1, 0.15) is 0 Å². The van der Waals surface area contributed by atoms with Gasteiger partial charge in [0.1, 0.15) is 22.3 Å². The number of aromatic nitrogens is 3. The number of benzene rings is 8. The molecule has 11 rings (SSSR count). The van der Waals surface area contributed by atoms with Crippen LogP contribution in [-0.2, 0) is 0 Å². The molecule has 0 saturated carbocycles. The van der Waals surface area contributed by atoms with Crippen LogP contribution >= 0.6 is 0 Å². The van der Waals surface area contributed by atoms with E-state index in [0.717, 1.165) is 82.5 Å². The van der Waals surface area contributed by atoms with Crippen molar-refractivity contribution in [3.63, 3.8) is 0 Å². The second-order valence-electron chi connectivity index (χ2n) is 13.2. The van der Waals surface area contributed by atoms with Crippen LogP contribution < -0.4 is 0 Å². The highest BCUT2D eigenvalue weighted by Gasteiger charge is 2.21. The summed E-state index contributed by atoms with van der Waals surface area (Å²) in [5, 5.41) is 8.70. The van der Waals surface area contributed by atoms with E-state index in [0.29, 0.717) is 17.5 Å². The SMILES string of the molecule is c1ccc2cc(-c3nc(-c4ccc5ccccc5c4)nc(-c4cccc5oc6c(-c7cccc8c7oc7ccccc78)cccc6c45)n3)ccc2c1. The van der Waals surface area contributed by atoms with Crippen LogP contribution in [0, 0.1) is 0 Å². The van der Waals surface area contributed by atoms with Crippen molar-refractivity contribution in [3.8, 4) is 45.3 Å². The van der Waals surface area contributed by atoms with Crippen molar-refractivity contribution in [2.45, 2.75) is 0 Å². The minimum absolute atomic E-state index is 0.583. The van der Waals surface area contributed by atoms with Crippen LogP contribution in [0.2, 0.25) is 0 Å². The zero-order valence-corrected chi connectivity index (χ0v) is 27.7. The van der Waals surface area contributed by atoms with E-state index in [1.54, 1.807) is 0 Å². The van der Waals surface area contributed by atoms with Gasteiger partial charge in [-0.1, -0.05) is 140 Å². The number of rotatable bonds is 4. The minimum atomic E-state index is 0.583. The second kappa shape index (κ2) is 11.2. The molecule has 0 amide bonds. The van der Waals surface area contributed by atoms with Crippen molar-refractivity contribution in [2.24, 2.45) is 0 Å². The Hall–Kier alpha value is -7.11. The van der Waals surface area contributed by atoms with E-state index < -0.39 is 0 Å². The predicted octanol–water partition coefficient (Wildman–Crippen LogP) is 12.6. The van der Waals surface area contributed by atoms with Crippen LogP contribution in [0.25, 0.3) is 111 Å². The molecular weight excluding hydrogens is 639 g/mol. The first-order valence-electron chi connectivity index (χ1n) is 17.3. The fourth-order valence-electron chi connectivity index (χ4n) is 7.62.